The topological polar surface area (TPSA) is 99.0 Å². The Morgan fingerprint density at radius 1 is 1.23 bits per heavy atom. The first-order valence-electron chi connectivity index (χ1n) is 9.39. The number of nitrogens with two attached hydrogens (primary N) is 1. The lowest BCUT2D eigenvalue weighted by Crippen LogP contribution is -2.29. The van der Waals surface area contributed by atoms with Gasteiger partial charge in [0.05, 0.1) is 17.9 Å². The lowest BCUT2D eigenvalue weighted by Gasteiger charge is -2.18. The van der Waals surface area contributed by atoms with Crippen LogP contribution in [0.5, 0.6) is 0 Å². The number of hydrogen-bond acceptors (Lipinski definition) is 7. The zero-order chi connectivity index (χ0) is 20.9. The van der Waals surface area contributed by atoms with Crippen LogP contribution >= 0.6 is 23.1 Å². The normalized spacial score (nSPS) is 12.0. The number of benzene rings is 1. The van der Waals surface area contributed by atoms with Crippen molar-refractivity contribution in [2.45, 2.75) is 24.5 Å². The van der Waals surface area contributed by atoms with Gasteiger partial charge in [-0.3, -0.25) is 4.79 Å². The van der Waals surface area contributed by atoms with E-state index in [1.165, 1.54) is 16.4 Å². The van der Waals surface area contributed by atoms with Crippen molar-refractivity contribution in [2.75, 3.05) is 11.6 Å². The Morgan fingerprint density at radius 3 is 2.77 bits per heavy atom. The van der Waals surface area contributed by atoms with Crippen molar-refractivity contribution in [3.05, 3.63) is 76.4 Å². The van der Waals surface area contributed by atoms with Crippen LogP contribution in [0.25, 0.3) is 11.4 Å². The molecule has 0 aliphatic rings. The first-order valence-corrected chi connectivity index (χ1v) is 11.3. The smallest absolute Gasteiger partial charge is 0.221 e. The first-order chi connectivity index (χ1) is 14.6. The number of carbonyl (C=O) groups excluding carboxylic acids is 1. The van der Waals surface area contributed by atoms with Crippen LogP contribution < -0.4 is 11.2 Å². The van der Waals surface area contributed by atoms with Crippen LogP contribution in [-0.4, -0.2) is 26.5 Å². The maximum atomic E-state index is 12.6. The van der Waals surface area contributed by atoms with E-state index >= 15 is 0 Å². The molecule has 4 aromatic rings. The molecule has 4 rings (SSSR count). The summed E-state index contributed by atoms with van der Waals surface area (Å²) in [7, 11) is 0. The number of thiophene rings is 1. The molecule has 0 saturated carbocycles. The third kappa shape index (κ3) is 4.42. The number of nitrogens with zero attached hydrogens (tertiary/aromatic N) is 3. The highest BCUT2D eigenvalue weighted by atomic mass is 32.2. The Labute approximate surface area is 182 Å². The van der Waals surface area contributed by atoms with Crippen LogP contribution in [0.2, 0.25) is 0 Å². The van der Waals surface area contributed by atoms with Crippen LogP contribution in [0.15, 0.2) is 69.7 Å². The van der Waals surface area contributed by atoms with Gasteiger partial charge < -0.3 is 15.6 Å². The van der Waals surface area contributed by atoms with Crippen molar-refractivity contribution >= 4 is 29.0 Å². The summed E-state index contributed by atoms with van der Waals surface area (Å²) in [5, 5.41) is 14.0. The molecule has 1 unspecified atom stereocenters. The van der Waals surface area contributed by atoms with Crippen molar-refractivity contribution in [3.8, 4) is 11.4 Å². The summed E-state index contributed by atoms with van der Waals surface area (Å²) >= 11 is 3.02. The van der Waals surface area contributed by atoms with Gasteiger partial charge in [0.25, 0.3) is 0 Å². The van der Waals surface area contributed by atoms with Crippen molar-refractivity contribution in [2.24, 2.45) is 0 Å². The summed E-state index contributed by atoms with van der Waals surface area (Å²) in [6.07, 6.45) is 1.93. The molecule has 30 heavy (non-hydrogen) atoms. The number of aryl methyl sites for hydroxylation is 1. The molecule has 0 aliphatic heterocycles. The Balaban J connectivity index is 1.37. The Bertz CT molecular complexity index is 1110. The van der Waals surface area contributed by atoms with Gasteiger partial charge in [0.1, 0.15) is 5.76 Å². The van der Waals surface area contributed by atoms with E-state index in [2.05, 4.69) is 15.5 Å². The molecule has 0 saturated heterocycles. The number of aromatic nitrogens is 3. The second-order valence-corrected chi connectivity index (χ2v) is 8.63. The van der Waals surface area contributed by atoms with Gasteiger partial charge in [0, 0.05) is 17.1 Å². The number of nitrogens with one attached hydrogen (secondary N) is 1. The van der Waals surface area contributed by atoms with Crippen molar-refractivity contribution < 1.29 is 9.21 Å². The van der Waals surface area contributed by atoms with Crippen molar-refractivity contribution in [1.29, 1.82) is 0 Å². The monoisotopic (exact) mass is 439 g/mol. The summed E-state index contributed by atoms with van der Waals surface area (Å²) < 4.78 is 6.73. The minimum Gasteiger partial charge on any atom is -0.469 e. The molecule has 154 valence electrons. The minimum atomic E-state index is -0.155. The molecule has 0 bridgehead atoms. The van der Waals surface area contributed by atoms with Gasteiger partial charge in [-0.05, 0) is 30.0 Å². The fraction of sp³-hybridized carbons (Fsp3) is 0.190. The van der Waals surface area contributed by atoms with Gasteiger partial charge >= 0.3 is 0 Å². The van der Waals surface area contributed by atoms with E-state index in [0.29, 0.717) is 23.2 Å². The van der Waals surface area contributed by atoms with E-state index in [1.54, 1.807) is 23.7 Å². The molecule has 1 amide bonds. The van der Waals surface area contributed by atoms with E-state index < -0.39 is 0 Å². The highest BCUT2D eigenvalue weighted by Gasteiger charge is 2.19. The molecule has 1 atom stereocenters. The van der Waals surface area contributed by atoms with Gasteiger partial charge in [-0.2, -0.15) is 0 Å². The number of nitrogen functional groups attached to an aromatic ring is 1. The van der Waals surface area contributed by atoms with Crippen molar-refractivity contribution in [1.82, 2.24) is 20.2 Å². The zero-order valence-electron chi connectivity index (χ0n) is 16.3. The maximum absolute atomic E-state index is 12.6. The first kappa shape index (κ1) is 20.2. The van der Waals surface area contributed by atoms with E-state index in [0.717, 1.165) is 21.8 Å². The third-order valence-electron chi connectivity index (χ3n) is 4.59. The van der Waals surface area contributed by atoms with Crippen LogP contribution in [0, 0.1) is 6.92 Å². The number of thioether (sulfide) groups is 1. The molecule has 3 aromatic heterocycles. The van der Waals surface area contributed by atoms with E-state index in [9.17, 15) is 4.79 Å². The highest BCUT2D eigenvalue weighted by molar-refractivity contribution is 7.99. The van der Waals surface area contributed by atoms with Gasteiger partial charge in [-0.25, -0.2) is 4.68 Å². The van der Waals surface area contributed by atoms with Crippen LogP contribution in [-0.2, 0) is 4.79 Å². The second-order valence-electron chi connectivity index (χ2n) is 6.59. The fourth-order valence-electron chi connectivity index (χ4n) is 3.06. The molecule has 0 spiro atoms. The average Bonchev–Trinajstić information content (AvgIpc) is 3.50. The Hall–Kier alpha value is -3.04. The zero-order valence-corrected chi connectivity index (χ0v) is 18.0. The summed E-state index contributed by atoms with van der Waals surface area (Å²) in [6, 6.07) is 15.6. The third-order valence-corrected chi connectivity index (χ3v) is 6.47. The predicted molar refractivity (Wildman–Crippen MR) is 119 cm³/mol. The Morgan fingerprint density at radius 2 is 2.07 bits per heavy atom. The number of hydrogen-bond donors (Lipinski definition) is 2. The molecular formula is C21H21N5O2S2. The molecule has 0 aliphatic carbocycles. The van der Waals surface area contributed by atoms with Gasteiger partial charge in [0.2, 0.25) is 11.1 Å². The SMILES string of the molecule is Cc1occc1-c1nnc(SCCC(=O)NC(c2ccccc2)c2cccs2)n1N. The molecular weight excluding hydrogens is 418 g/mol. The Kier molecular flexibility index (Phi) is 6.20. The number of furan rings is 1. The summed E-state index contributed by atoms with van der Waals surface area (Å²) in [5.74, 6) is 7.91. The highest BCUT2D eigenvalue weighted by Crippen LogP contribution is 2.27. The van der Waals surface area contributed by atoms with E-state index in [4.69, 9.17) is 10.3 Å². The second kappa shape index (κ2) is 9.19. The van der Waals surface area contributed by atoms with Crippen molar-refractivity contribution in [3.63, 3.8) is 0 Å². The number of amides is 1. The molecule has 0 radical (unpaired) electrons. The predicted octanol–water partition coefficient (Wildman–Crippen LogP) is 4.01. The summed E-state index contributed by atoms with van der Waals surface area (Å²) in [4.78, 5) is 13.7. The fourth-order valence-corrected chi connectivity index (χ4v) is 4.66. The van der Waals surface area contributed by atoms with Crippen LogP contribution in [0.1, 0.15) is 28.7 Å². The molecule has 3 N–H and O–H groups in total. The lowest BCUT2D eigenvalue weighted by atomic mass is 10.1. The molecule has 0 fully saturated rings. The largest absolute Gasteiger partial charge is 0.469 e. The summed E-state index contributed by atoms with van der Waals surface area (Å²) in [5.41, 5.74) is 1.86. The maximum Gasteiger partial charge on any atom is 0.221 e. The van der Waals surface area contributed by atoms with E-state index in [-0.39, 0.29) is 11.9 Å². The molecule has 7 nitrogen and oxygen atoms in total. The quantitative estimate of drug-likeness (QED) is 0.318. The average molecular weight is 440 g/mol. The van der Waals surface area contributed by atoms with Crippen LogP contribution in [0.3, 0.4) is 0 Å². The van der Waals surface area contributed by atoms with E-state index in [1.807, 2.05) is 54.8 Å². The molecule has 1 aromatic carbocycles. The standard InChI is InChI=1S/C21H21N5O2S2/c1-14-16(9-11-28-14)20-24-25-21(26(20)22)30-13-10-18(27)23-19(17-8-5-12-29-17)15-6-3-2-4-7-15/h2-9,11-12,19H,10,13,22H2,1H3,(H,23,27). The minimum absolute atomic E-state index is 0.0289. The lowest BCUT2D eigenvalue weighted by molar-refractivity contribution is -0.121. The molecule has 3 heterocycles. The van der Waals surface area contributed by atoms with Gasteiger partial charge in [-0.1, -0.05) is 48.2 Å². The number of rotatable bonds is 8. The van der Waals surface area contributed by atoms with Crippen LogP contribution in [0.4, 0.5) is 0 Å². The number of carbonyl (C=O) groups is 1. The van der Waals surface area contributed by atoms with Gasteiger partial charge in [0.15, 0.2) is 5.82 Å². The molecule has 9 heteroatoms. The van der Waals surface area contributed by atoms with Gasteiger partial charge in [-0.15, -0.1) is 21.5 Å². The summed E-state index contributed by atoms with van der Waals surface area (Å²) in [6.45, 7) is 1.85.